The standard InChI is InChI=1S/C17H17ClN2O3S/c1-3-23-16(21)11-4-7-13(8-5-11)19-17(24)20-14-10-12(18)6-9-15(14)22-2/h4-10H,3H2,1-2H3,(H2,19,20,24). The Hall–Kier alpha value is -2.31. The third kappa shape index (κ3) is 4.84. The molecular weight excluding hydrogens is 348 g/mol. The van der Waals surface area contributed by atoms with Crippen LogP contribution in [0.5, 0.6) is 5.75 Å². The number of esters is 1. The fraction of sp³-hybridized carbons (Fsp3) is 0.176. The molecule has 0 bridgehead atoms. The predicted molar refractivity (Wildman–Crippen MR) is 100 cm³/mol. The van der Waals surface area contributed by atoms with Crippen molar-refractivity contribution in [2.24, 2.45) is 0 Å². The van der Waals surface area contributed by atoms with Crippen molar-refractivity contribution < 1.29 is 14.3 Å². The summed E-state index contributed by atoms with van der Waals surface area (Å²) in [7, 11) is 1.57. The van der Waals surface area contributed by atoms with Gasteiger partial charge in [-0.15, -0.1) is 0 Å². The van der Waals surface area contributed by atoms with Gasteiger partial charge in [-0.1, -0.05) is 11.6 Å². The molecule has 0 amide bonds. The number of ether oxygens (including phenoxy) is 2. The number of carbonyl (C=O) groups is 1. The van der Waals surface area contributed by atoms with E-state index in [0.29, 0.717) is 33.7 Å². The molecule has 0 aliphatic rings. The number of anilines is 2. The van der Waals surface area contributed by atoms with E-state index in [1.54, 1.807) is 56.5 Å². The zero-order chi connectivity index (χ0) is 17.5. The maximum Gasteiger partial charge on any atom is 0.338 e. The third-order valence-corrected chi connectivity index (χ3v) is 3.50. The molecule has 2 N–H and O–H groups in total. The second-order valence-corrected chi connectivity index (χ2v) is 5.57. The van der Waals surface area contributed by atoms with E-state index in [9.17, 15) is 4.79 Å². The third-order valence-electron chi connectivity index (χ3n) is 3.06. The lowest BCUT2D eigenvalue weighted by Gasteiger charge is -2.14. The monoisotopic (exact) mass is 364 g/mol. The van der Waals surface area contributed by atoms with Gasteiger partial charge in [0, 0.05) is 10.7 Å². The Kier molecular flexibility index (Phi) is 6.40. The minimum atomic E-state index is -0.353. The van der Waals surface area contributed by atoms with Crippen LogP contribution < -0.4 is 15.4 Å². The number of nitrogens with one attached hydrogen (secondary N) is 2. The topological polar surface area (TPSA) is 59.6 Å². The van der Waals surface area contributed by atoms with Gasteiger partial charge >= 0.3 is 5.97 Å². The van der Waals surface area contributed by atoms with E-state index >= 15 is 0 Å². The SMILES string of the molecule is CCOC(=O)c1ccc(NC(=S)Nc2cc(Cl)ccc2OC)cc1. The summed E-state index contributed by atoms with van der Waals surface area (Å²) >= 11 is 11.3. The first-order valence-electron chi connectivity index (χ1n) is 7.22. The second kappa shape index (κ2) is 8.52. The molecule has 126 valence electrons. The highest BCUT2D eigenvalue weighted by molar-refractivity contribution is 7.80. The summed E-state index contributed by atoms with van der Waals surface area (Å²) < 4.78 is 10.2. The van der Waals surface area contributed by atoms with E-state index in [1.165, 1.54) is 0 Å². The zero-order valence-corrected chi connectivity index (χ0v) is 14.8. The number of carbonyl (C=O) groups excluding carboxylic acids is 1. The van der Waals surface area contributed by atoms with Crippen molar-refractivity contribution in [1.82, 2.24) is 0 Å². The van der Waals surface area contributed by atoms with Gasteiger partial charge in [0.1, 0.15) is 5.75 Å². The van der Waals surface area contributed by atoms with Crippen LogP contribution >= 0.6 is 23.8 Å². The first-order chi connectivity index (χ1) is 11.5. The number of benzene rings is 2. The van der Waals surface area contributed by atoms with Crippen LogP contribution in [-0.2, 0) is 4.74 Å². The average molecular weight is 365 g/mol. The fourth-order valence-electron chi connectivity index (χ4n) is 1.97. The van der Waals surface area contributed by atoms with Gasteiger partial charge in [0.25, 0.3) is 0 Å². The lowest BCUT2D eigenvalue weighted by atomic mass is 10.2. The number of hydrogen-bond acceptors (Lipinski definition) is 4. The van der Waals surface area contributed by atoms with Gasteiger partial charge in [-0.05, 0) is 61.6 Å². The maximum absolute atomic E-state index is 11.6. The number of thiocarbonyl (C=S) groups is 1. The first kappa shape index (κ1) is 18.0. The van der Waals surface area contributed by atoms with Crippen LogP contribution in [0.4, 0.5) is 11.4 Å². The Morgan fingerprint density at radius 1 is 1.17 bits per heavy atom. The Balaban J connectivity index is 2.02. The molecule has 0 saturated carbocycles. The lowest BCUT2D eigenvalue weighted by molar-refractivity contribution is 0.0526. The Morgan fingerprint density at radius 2 is 1.88 bits per heavy atom. The van der Waals surface area contributed by atoms with E-state index in [-0.39, 0.29) is 5.97 Å². The summed E-state index contributed by atoms with van der Waals surface area (Å²) in [5, 5.41) is 7.00. The van der Waals surface area contributed by atoms with E-state index < -0.39 is 0 Å². The predicted octanol–water partition coefficient (Wildman–Crippen LogP) is 4.33. The van der Waals surface area contributed by atoms with Crippen LogP contribution in [0.3, 0.4) is 0 Å². The molecule has 2 aromatic rings. The molecule has 0 saturated heterocycles. The maximum atomic E-state index is 11.6. The summed E-state index contributed by atoms with van der Waals surface area (Å²) in [4.78, 5) is 11.6. The normalized spacial score (nSPS) is 9.96. The molecule has 7 heteroatoms. The van der Waals surface area contributed by atoms with Crippen LogP contribution in [0.2, 0.25) is 5.02 Å². The van der Waals surface area contributed by atoms with Gasteiger partial charge in [0.15, 0.2) is 5.11 Å². The molecule has 0 aliphatic heterocycles. The molecule has 0 radical (unpaired) electrons. The molecule has 0 unspecified atom stereocenters. The minimum absolute atomic E-state index is 0.342. The highest BCUT2D eigenvalue weighted by atomic mass is 35.5. The summed E-state index contributed by atoms with van der Waals surface area (Å²) in [5.74, 6) is 0.273. The molecule has 0 spiro atoms. The summed E-state index contributed by atoms with van der Waals surface area (Å²) in [6.07, 6.45) is 0. The van der Waals surface area contributed by atoms with Gasteiger partial charge in [-0.2, -0.15) is 0 Å². The molecule has 0 heterocycles. The molecular formula is C17H17ClN2O3S. The van der Waals surface area contributed by atoms with Crippen molar-refractivity contribution >= 4 is 46.3 Å². The number of halogens is 1. The van der Waals surface area contributed by atoms with Gasteiger partial charge in [0.2, 0.25) is 0 Å². The summed E-state index contributed by atoms with van der Waals surface area (Å²) in [6, 6.07) is 12.0. The zero-order valence-electron chi connectivity index (χ0n) is 13.3. The largest absolute Gasteiger partial charge is 0.495 e. The van der Waals surface area contributed by atoms with Gasteiger partial charge < -0.3 is 20.1 Å². The molecule has 0 fully saturated rings. The minimum Gasteiger partial charge on any atom is -0.495 e. The van der Waals surface area contributed by atoms with Crippen molar-refractivity contribution in [1.29, 1.82) is 0 Å². The Bertz CT molecular complexity index is 735. The van der Waals surface area contributed by atoms with Crippen LogP contribution in [0, 0.1) is 0 Å². The molecule has 0 aromatic heterocycles. The van der Waals surface area contributed by atoms with Gasteiger partial charge in [-0.3, -0.25) is 0 Å². The highest BCUT2D eigenvalue weighted by Crippen LogP contribution is 2.27. The van der Waals surface area contributed by atoms with Crippen LogP contribution in [-0.4, -0.2) is 24.8 Å². The van der Waals surface area contributed by atoms with Crippen LogP contribution in [0.25, 0.3) is 0 Å². The summed E-state index contributed by atoms with van der Waals surface area (Å²) in [5.41, 5.74) is 1.88. The number of rotatable bonds is 5. The Labute approximate surface area is 150 Å². The molecule has 0 atom stereocenters. The highest BCUT2D eigenvalue weighted by Gasteiger charge is 2.08. The van der Waals surface area contributed by atoms with E-state index in [4.69, 9.17) is 33.3 Å². The molecule has 2 aromatic carbocycles. The van der Waals surface area contributed by atoms with E-state index in [0.717, 1.165) is 5.69 Å². The van der Waals surface area contributed by atoms with E-state index in [1.807, 2.05) is 0 Å². The molecule has 5 nitrogen and oxygen atoms in total. The average Bonchev–Trinajstić information content (AvgIpc) is 2.56. The number of methoxy groups -OCH3 is 1. The quantitative estimate of drug-likeness (QED) is 0.608. The van der Waals surface area contributed by atoms with Crippen LogP contribution in [0.15, 0.2) is 42.5 Å². The van der Waals surface area contributed by atoms with Crippen molar-refractivity contribution in [3.8, 4) is 5.75 Å². The summed E-state index contributed by atoms with van der Waals surface area (Å²) in [6.45, 7) is 2.11. The van der Waals surface area contributed by atoms with Crippen molar-refractivity contribution in [2.75, 3.05) is 24.4 Å². The first-order valence-corrected chi connectivity index (χ1v) is 8.01. The van der Waals surface area contributed by atoms with Gasteiger partial charge in [0.05, 0.1) is 25.0 Å². The molecule has 0 aliphatic carbocycles. The lowest BCUT2D eigenvalue weighted by Crippen LogP contribution is -2.19. The van der Waals surface area contributed by atoms with Crippen molar-refractivity contribution in [3.63, 3.8) is 0 Å². The van der Waals surface area contributed by atoms with Crippen molar-refractivity contribution in [3.05, 3.63) is 53.1 Å². The van der Waals surface area contributed by atoms with Crippen LogP contribution in [0.1, 0.15) is 17.3 Å². The smallest absolute Gasteiger partial charge is 0.338 e. The number of hydrogen-bond donors (Lipinski definition) is 2. The Morgan fingerprint density at radius 3 is 2.50 bits per heavy atom. The fourth-order valence-corrected chi connectivity index (χ4v) is 2.37. The second-order valence-electron chi connectivity index (χ2n) is 4.72. The van der Waals surface area contributed by atoms with E-state index in [2.05, 4.69) is 10.6 Å². The van der Waals surface area contributed by atoms with Crippen molar-refractivity contribution in [2.45, 2.75) is 6.92 Å². The molecule has 24 heavy (non-hydrogen) atoms. The van der Waals surface area contributed by atoms with Gasteiger partial charge in [-0.25, -0.2) is 4.79 Å². The molecule has 2 rings (SSSR count).